The molecule has 0 aromatic carbocycles. The van der Waals surface area contributed by atoms with Crippen LogP contribution in [0.25, 0.3) is 0 Å². The Morgan fingerprint density at radius 2 is 1.30 bits per heavy atom. The summed E-state index contributed by atoms with van der Waals surface area (Å²) in [5, 5.41) is 3.34. The molecule has 2 aliphatic rings. The number of carbonyl (C=O) groups is 1. The predicted octanol–water partition coefficient (Wildman–Crippen LogP) is 4.98. The molecule has 23 heavy (non-hydrogen) atoms. The SMILES string of the molecule is O=C(CCC1CCOCC1)NC1CCCCCCCCCCC1. The van der Waals surface area contributed by atoms with Crippen LogP contribution in [-0.2, 0) is 9.53 Å². The highest BCUT2D eigenvalue weighted by atomic mass is 16.5. The summed E-state index contributed by atoms with van der Waals surface area (Å²) < 4.78 is 5.39. The van der Waals surface area contributed by atoms with Crippen LogP contribution in [0.2, 0.25) is 0 Å². The van der Waals surface area contributed by atoms with E-state index in [-0.39, 0.29) is 5.91 Å². The first kappa shape index (κ1) is 18.8. The van der Waals surface area contributed by atoms with Gasteiger partial charge in [0.05, 0.1) is 0 Å². The van der Waals surface area contributed by atoms with Crippen LogP contribution in [0.5, 0.6) is 0 Å². The third-order valence-electron chi connectivity index (χ3n) is 5.59. The first-order chi connectivity index (χ1) is 11.3. The van der Waals surface area contributed by atoms with Gasteiger partial charge in [-0.2, -0.15) is 0 Å². The van der Waals surface area contributed by atoms with Crippen molar-refractivity contribution in [3.63, 3.8) is 0 Å². The maximum absolute atomic E-state index is 12.3. The lowest BCUT2D eigenvalue weighted by atomic mass is 9.94. The van der Waals surface area contributed by atoms with E-state index < -0.39 is 0 Å². The molecule has 134 valence electrons. The van der Waals surface area contributed by atoms with Crippen molar-refractivity contribution in [2.45, 2.75) is 102 Å². The second-order valence-electron chi connectivity index (χ2n) is 7.62. The Balaban J connectivity index is 1.65. The van der Waals surface area contributed by atoms with Gasteiger partial charge in [0.2, 0.25) is 5.91 Å². The lowest BCUT2D eigenvalue weighted by Gasteiger charge is -2.23. The van der Waals surface area contributed by atoms with Crippen LogP contribution in [0.15, 0.2) is 0 Å². The fraction of sp³-hybridized carbons (Fsp3) is 0.950. The van der Waals surface area contributed by atoms with Gasteiger partial charge in [-0.15, -0.1) is 0 Å². The van der Waals surface area contributed by atoms with E-state index in [9.17, 15) is 4.79 Å². The van der Waals surface area contributed by atoms with Crippen molar-refractivity contribution in [1.82, 2.24) is 5.32 Å². The molecule has 1 N–H and O–H groups in total. The zero-order valence-corrected chi connectivity index (χ0v) is 15.0. The van der Waals surface area contributed by atoms with Crippen LogP contribution in [-0.4, -0.2) is 25.2 Å². The monoisotopic (exact) mass is 323 g/mol. The van der Waals surface area contributed by atoms with E-state index in [1.807, 2.05) is 0 Å². The van der Waals surface area contributed by atoms with Crippen LogP contribution < -0.4 is 5.32 Å². The standard InChI is InChI=1S/C20H37NO2/c22-20(13-12-18-14-16-23-17-15-18)21-19-10-8-6-4-2-1-3-5-7-9-11-19/h18-19H,1-17H2,(H,21,22). The number of hydrogen-bond donors (Lipinski definition) is 1. The van der Waals surface area contributed by atoms with Gasteiger partial charge in [0.1, 0.15) is 0 Å². The summed E-state index contributed by atoms with van der Waals surface area (Å²) in [4.78, 5) is 12.3. The van der Waals surface area contributed by atoms with Crippen molar-refractivity contribution in [3.8, 4) is 0 Å². The fourth-order valence-electron chi connectivity index (χ4n) is 3.98. The van der Waals surface area contributed by atoms with Crippen LogP contribution in [0.1, 0.15) is 96.3 Å². The van der Waals surface area contributed by atoms with Crippen LogP contribution >= 0.6 is 0 Å². The summed E-state index contributed by atoms with van der Waals surface area (Å²) in [6.07, 6.45) is 18.6. The summed E-state index contributed by atoms with van der Waals surface area (Å²) >= 11 is 0. The molecule has 0 aromatic heterocycles. The molecule has 0 aromatic rings. The van der Waals surface area contributed by atoms with Crippen molar-refractivity contribution >= 4 is 5.91 Å². The Kier molecular flexibility index (Phi) is 9.70. The van der Waals surface area contributed by atoms with Crippen molar-refractivity contribution in [3.05, 3.63) is 0 Å². The highest BCUT2D eigenvalue weighted by molar-refractivity contribution is 5.76. The maximum atomic E-state index is 12.3. The lowest BCUT2D eigenvalue weighted by Crippen LogP contribution is -2.35. The molecular weight excluding hydrogens is 286 g/mol. The Bertz CT molecular complexity index is 301. The topological polar surface area (TPSA) is 38.3 Å². The minimum absolute atomic E-state index is 0.286. The molecule has 3 nitrogen and oxygen atoms in total. The molecule has 1 amide bonds. The summed E-state index contributed by atoms with van der Waals surface area (Å²) in [6.45, 7) is 1.77. The minimum Gasteiger partial charge on any atom is -0.381 e. The zero-order valence-electron chi connectivity index (χ0n) is 15.0. The lowest BCUT2D eigenvalue weighted by molar-refractivity contribution is -0.122. The Labute approximate surface area is 142 Å². The van der Waals surface area contributed by atoms with Crippen LogP contribution in [0, 0.1) is 5.92 Å². The fourth-order valence-corrected chi connectivity index (χ4v) is 3.98. The highest BCUT2D eigenvalue weighted by Crippen LogP contribution is 2.20. The number of rotatable bonds is 4. The summed E-state index contributed by atoms with van der Waals surface area (Å²) in [7, 11) is 0. The average Bonchev–Trinajstić information content (AvgIpc) is 2.56. The maximum Gasteiger partial charge on any atom is 0.220 e. The molecule has 1 saturated heterocycles. The van der Waals surface area contributed by atoms with E-state index in [2.05, 4.69) is 5.32 Å². The van der Waals surface area contributed by atoms with Crippen molar-refractivity contribution in [2.24, 2.45) is 5.92 Å². The average molecular weight is 324 g/mol. The van der Waals surface area contributed by atoms with E-state index in [0.717, 1.165) is 32.5 Å². The van der Waals surface area contributed by atoms with E-state index in [4.69, 9.17) is 4.74 Å². The largest absolute Gasteiger partial charge is 0.381 e. The molecule has 0 radical (unpaired) electrons. The second kappa shape index (κ2) is 11.9. The smallest absolute Gasteiger partial charge is 0.220 e. The van der Waals surface area contributed by atoms with Crippen LogP contribution in [0.3, 0.4) is 0 Å². The Hall–Kier alpha value is -0.570. The zero-order chi connectivity index (χ0) is 16.2. The third kappa shape index (κ3) is 8.74. The predicted molar refractivity (Wildman–Crippen MR) is 95.5 cm³/mol. The van der Waals surface area contributed by atoms with E-state index in [1.54, 1.807) is 0 Å². The minimum atomic E-state index is 0.286. The molecule has 0 unspecified atom stereocenters. The van der Waals surface area contributed by atoms with E-state index in [0.29, 0.717) is 18.4 Å². The number of amides is 1. The van der Waals surface area contributed by atoms with Crippen molar-refractivity contribution < 1.29 is 9.53 Å². The van der Waals surface area contributed by atoms with Crippen molar-refractivity contribution in [1.29, 1.82) is 0 Å². The Morgan fingerprint density at radius 1 is 0.783 bits per heavy atom. The molecule has 2 rings (SSSR count). The van der Waals surface area contributed by atoms with Gasteiger partial charge in [0, 0.05) is 25.7 Å². The van der Waals surface area contributed by atoms with Crippen molar-refractivity contribution in [2.75, 3.05) is 13.2 Å². The molecular formula is C20H37NO2. The van der Waals surface area contributed by atoms with Gasteiger partial charge in [0.15, 0.2) is 0 Å². The highest BCUT2D eigenvalue weighted by Gasteiger charge is 2.17. The number of hydrogen-bond acceptors (Lipinski definition) is 2. The summed E-state index contributed by atoms with van der Waals surface area (Å²) in [5.74, 6) is 0.986. The molecule has 3 heteroatoms. The molecule has 1 heterocycles. The molecule has 1 aliphatic carbocycles. The van der Waals surface area contributed by atoms with Crippen LogP contribution in [0.4, 0.5) is 0 Å². The normalized spacial score (nSPS) is 23.7. The number of ether oxygens (including phenoxy) is 1. The molecule has 2 fully saturated rings. The third-order valence-corrected chi connectivity index (χ3v) is 5.59. The number of nitrogens with one attached hydrogen (secondary N) is 1. The van der Waals surface area contributed by atoms with Gasteiger partial charge in [-0.25, -0.2) is 0 Å². The molecule has 1 aliphatic heterocycles. The first-order valence-corrected chi connectivity index (χ1v) is 10.2. The van der Waals surface area contributed by atoms with Gasteiger partial charge in [0.25, 0.3) is 0 Å². The molecule has 0 bridgehead atoms. The summed E-state index contributed by atoms with van der Waals surface area (Å²) in [5.41, 5.74) is 0. The van der Waals surface area contributed by atoms with E-state index in [1.165, 1.54) is 70.6 Å². The van der Waals surface area contributed by atoms with Gasteiger partial charge in [-0.1, -0.05) is 57.8 Å². The van der Waals surface area contributed by atoms with E-state index >= 15 is 0 Å². The number of carbonyl (C=O) groups excluding carboxylic acids is 1. The quantitative estimate of drug-likeness (QED) is 0.792. The van der Waals surface area contributed by atoms with Gasteiger partial charge in [-0.3, -0.25) is 4.79 Å². The Morgan fingerprint density at radius 3 is 1.87 bits per heavy atom. The molecule has 1 saturated carbocycles. The molecule has 0 spiro atoms. The second-order valence-corrected chi connectivity index (χ2v) is 7.62. The van der Waals surface area contributed by atoms with Gasteiger partial charge in [-0.05, 0) is 38.0 Å². The molecule has 0 atom stereocenters. The van der Waals surface area contributed by atoms with Gasteiger partial charge >= 0.3 is 0 Å². The van der Waals surface area contributed by atoms with Gasteiger partial charge < -0.3 is 10.1 Å². The summed E-state index contributed by atoms with van der Waals surface area (Å²) in [6, 6.07) is 0.427. The first-order valence-electron chi connectivity index (χ1n) is 10.2.